The summed E-state index contributed by atoms with van der Waals surface area (Å²) in [6, 6.07) is 4.64. The molecule has 21 heavy (non-hydrogen) atoms. The highest BCUT2D eigenvalue weighted by molar-refractivity contribution is 5.85. The molecule has 0 aliphatic carbocycles. The van der Waals surface area contributed by atoms with Crippen LogP contribution in [-0.4, -0.2) is 38.0 Å². The minimum Gasteiger partial charge on any atom is -0.480 e. The van der Waals surface area contributed by atoms with Gasteiger partial charge in [0, 0.05) is 0 Å². The molecule has 0 fully saturated rings. The van der Waals surface area contributed by atoms with Crippen LogP contribution in [0.2, 0.25) is 0 Å². The maximum atomic E-state index is 12.3. The summed E-state index contributed by atoms with van der Waals surface area (Å²) >= 11 is 0. The normalized spacial score (nSPS) is 13.6. The number of carbonyl (C=O) groups is 2. The number of rotatable bonds is 4. The molecule has 1 amide bonds. The number of carbonyl (C=O) groups excluding carboxylic acids is 1. The number of aromatic nitrogens is 3. The molecule has 8 nitrogen and oxygen atoms in total. The first-order valence-electron chi connectivity index (χ1n) is 6.29. The van der Waals surface area contributed by atoms with Crippen LogP contribution in [0.3, 0.4) is 0 Å². The zero-order valence-electron chi connectivity index (χ0n) is 11.5. The fraction of sp³-hybridized carbons (Fsp3) is 0.308. The number of hydrogen-bond donors (Lipinski definition) is 2. The van der Waals surface area contributed by atoms with Gasteiger partial charge in [-0.05, 0) is 26.0 Å². The molecule has 1 aromatic carbocycles. The maximum Gasteiger partial charge on any atom is 0.325 e. The summed E-state index contributed by atoms with van der Waals surface area (Å²) < 4.78 is 0.937. The Morgan fingerprint density at radius 2 is 1.95 bits per heavy atom. The fourth-order valence-corrected chi connectivity index (χ4v) is 1.76. The summed E-state index contributed by atoms with van der Waals surface area (Å²) in [5.74, 6) is -1.77. The average molecular weight is 290 g/mol. The molecule has 1 aromatic heterocycles. The SMILES string of the molecule is C[C@H](NC(=O)[C@@H](C)n1nnc2ccccc2c1=O)C(=O)O. The molecule has 2 rings (SSSR count). The van der Waals surface area contributed by atoms with E-state index in [0.29, 0.717) is 10.9 Å². The molecule has 0 saturated carbocycles. The smallest absolute Gasteiger partial charge is 0.325 e. The quantitative estimate of drug-likeness (QED) is 0.815. The monoisotopic (exact) mass is 290 g/mol. The standard InChI is InChI=1S/C13H14N4O4/c1-7(13(20)21)14-11(18)8(2)17-12(19)9-5-3-4-6-10(9)15-16-17/h3-8H,1-2H3,(H,14,18)(H,20,21)/t7-,8+/m0/s1. The third-order valence-corrected chi connectivity index (χ3v) is 3.07. The predicted molar refractivity (Wildman–Crippen MR) is 73.7 cm³/mol. The second-order valence-corrected chi connectivity index (χ2v) is 4.60. The van der Waals surface area contributed by atoms with Crippen molar-refractivity contribution in [2.75, 3.05) is 0 Å². The van der Waals surface area contributed by atoms with Crippen LogP contribution in [0.1, 0.15) is 19.9 Å². The molecule has 8 heteroatoms. The first-order valence-corrected chi connectivity index (χ1v) is 6.29. The summed E-state index contributed by atoms with van der Waals surface area (Å²) in [6.07, 6.45) is 0. The van der Waals surface area contributed by atoms with Crippen molar-refractivity contribution in [3.8, 4) is 0 Å². The van der Waals surface area contributed by atoms with E-state index < -0.39 is 29.5 Å². The van der Waals surface area contributed by atoms with Gasteiger partial charge >= 0.3 is 5.97 Å². The van der Waals surface area contributed by atoms with Gasteiger partial charge in [-0.3, -0.25) is 14.4 Å². The van der Waals surface area contributed by atoms with Crippen LogP contribution in [0.25, 0.3) is 10.9 Å². The minimum atomic E-state index is -1.16. The predicted octanol–water partition coefficient (Wildman–Crippen LogP) is -0.0582. The molecule has 2 aromatic rings. The summed E-state index contributed by atoms with van der Waals surface area (Å²) in [5.41, 5.74) is -0.0171. The van der Waals surface area contributed by atoms with Crippen molar-refractivity contribution in [2.24, 2.45) is 0 Å². The molecular weight excluding hydrogens is 276 g/mol. The van der Waals surface area contributed by atoms with Crippen LogP contribution in [0.5, 0.6) is 0 Å². The van der Waals surface area contributed by atoms with E-state index in [0.717, 1.165) is 4.68 Å². The Morgan fingerprint density at radius 1 is 1.29 bits per heavy atom. The van der Waals surface area contributed by atoms with Crippen molar-refractivity contribution in [3.05, 3.63) is 34.6 Å². The lowest BCUT2D eigenvalue weighted by Gasteiger charge is -2.15. The second kappa shape index (κ2) is 5.70. The number of carboxylic acids is 1. The van der Waals surface area contributed by atoms with Gasteiger partial charge in [0.2, 0.25) is 5.91 Å². The molecule has 1 heterocycles. The average Bonchev–Trinajstić information content (AvgIpc) is 2.47. The molecular formula is C13H14N4O4. The van der Waals surface area contributed by atoms with Gasteiger partial charge in [0.05, 0.1) is 5.39 Å². The zero-order valence-corrected chi connectivity index (χ0v) is 11.5. The van der Waals surface area contributed by atoms with Crippen molar-refractivity contribution >= 4 is 22.8 Å². The van der Waals surface area contributed by atoms with E-state index >= 15 is 0 Å². The second-order valence-electron chi connectivity index (χ2n) is 4.60. The minimum absolute atomic E-state index is 0.346. The molecule has 0 saturated heterocycles. The van der Waals surface area contributed by atoms with E-state index in [1.807, 2.05) is 0 Å². The van der Waals surface area contributed by atoms with Crippen LogP contribution in [0.15, 0.2) is 29.1 Å². The third-order valence-electron chi connectivity index (χ3n) is 3.07. The van der Waals surface area contributed by atoms with E-state index in [2.05, 4.69) is 15.6 Å². The Kier molecular flexibility index (Phi) is 3.97. The van der Waals surface area contributed by atoms with Gasteiger partial charge in [-0.15, -0.1) is 5.10 Å². The molecule has 0 radical (unpaired) electrons. The summed E-state index contributed by atoms with van der Waals surface area (Å²) in [5, 5.41) is 19.0. The van der Waals surface area contributed by atoms with Crippen molar-refractivity contribution < 1.29 is 14.7 Å². The van der Waals surface area contributed by atoms with Gasteiger partial charge in [0.25, 0.3) is 5.56 Å². The maximum absolute atomic E-state index is 12.3. The first kappa shape index (κ1) is 14.6. The Balaban J connectivity index is 2.33. The highest BCUT2D eigenvalue weighted by atomic mass is 16.4. The van der Waals surface area contributed by atoms with Crippen LogP contribution in [0, 0.1) is 0 Å². The molecule has 0 unspecified atom stereocenters. The number of benzene rings is 1. The van der Waals surface area contributed by atoms with Gasteiger partial charge < -0.3 is 10.4 Å². The fourth-order valence-electron chi connectivity index (χ4n) is 1.76. The van der Waals surface area contributed by atoms with Crippen LogP contribution in [0.4, 0.5) is 0 Å². The largest absolute Gasteiger partial charge is 0.480 e. The summed E-state index contributed by atoms with van der Waals surface area (Å²) in [4.78, 5) is 34.9. The van der Waals surface area contributed by atoms with Crippen LogP contribution in [-0.2, 0) is 9.59 Å². The first-order chi connectivity index (χ1) is 9.91. The Hall–Kier alpha value is -2.77. The van der Waals surface area contributed by atoms with E-state index in [9.17, 15) is 14.4 Å². The summed E-state index contributed by atoms with van der Waals surface area (Å²) in [6.45, 7) is 2.79. The number of nitrogens with zero attached hydrogens (tertiary/aromatic N) is 3. The van der Waals surface area contributed by atoms with E-state index in [1.165, 1.54) is 13.8 Å². The molecule has 110 valence electrons. The highest BCUT2D eigenvalue weighted by Crippen LogP contribution is 2.06. The highest BCUT2D eigenvalue weighted by Gasteiger charge is 2.22. The van der Waals surface area contributed by atoms with Crippen molar-refractivity contribution in [1.82, 2.24) is 20.3 Å². The lowest BCUT2D eigenvalue weighted by Crippen LogP contribution is -2.44. The number of hydrogen-bond acceptors (Lipinski definition) is 5. The number of fused-ring (bicyclic) bond motifs is 1. The number of aliphatic carboxylic acids is 1. The topological polar surface area (TPSA) is 114 Å². The van der Waals surface area contributed by atoms with Crippen LogP contribution >= 0.6 is 0 Å². The van der Waals surface area contributed by atoms with E-state index in [4.69, 9.17) is 5.11 Å². The van der Waals surface area contributed by atoms with Gasteiger partial charge in [0.1, 0.15) is 17.6 Å². The Bertz CT molecular complexity index is 755. The third kappa shape index (κ3) is 2.88. The molecule has 0 spiro atoms. The van der Waals surface area contributed by atoms with E-state index in [1.54, 1.807) is 24.3 Å². The Morgan fingerprint density at radius 3 is 2.62 bits per heavy atom. The van der Waals surface area contributed by atoms with Crippen LogP contribution < -0.4 is 10.9 Å². The van der Waals surface area contributed by atoms with Crippen molar-refractivity contribution in [1.29, 1.82) is 0 Å². The molecule has 0 aliphatic rings. The van der Waals surface area contributed by atoms with Gasteiger partial charge in [-0.1, -0.05) is 17.3 Å². The van der Waals surface area contributed by atoms with Crippen molar-refractivity contribution in [3.63, 3.8) is 0 Å². The van der Waals surface area contributed by atoms with Gasteiger partial charge in [0.15, 0.2) is 0 Å². The van der Waals surface area contributed by atoms with E-state index in [-0.39, 0.29) is 0 Å². The molecule has 2 atom stereocenters. The number of carboxylic acid groups (broad SMARTS) is 1. The van der Waals surface area contributed by atoms with Gasteiger partial charge in [-0.2, -0.15) is 4.68 Å². The van der Waals surface area contributed by atoms with Gasteiger partial charge in [-0.25, -0.2) is 0 Å². The zero-order chi connectivity index (χ0) is 15.6. The summed E-state index contributed by atoms with van der Waals surface area (Å²) in [7, 11) is 0. The van der Waals surface area contributed by atoms with Crippen molar-refractivity contribution in [2.45, 2.75) is 25.9 Å². The molecule has 0 bridgehead atoms. The molecule has 2 N–H and O–H groups in total. The Labute approximate surface area is 119 Å². The lowest BCUT2D eigenvalue weighted by atomic mass is 10.2. The lowest BCUT2D eigenvalue weighted by molar-refractivity contribution is -0.141. The number of amides is 1. The molecule has 0 aliphatic heterocycles. The number of nitrogens with one attached hydrogen (secondary N) is 1.